The van der Waals surface area contributed by atoms with Crippen LogP contribution in [0.3, 0.4) is 0 Å². The normalized spacial score (nSPS) is 24.0. The zero-order valence-electron chi connectivity index (χ0n) is 8.77. The summed E-state index contributed by atoms with van der Waals surface area (Å²) < 4.78 is 0. The van der Waals surface area contributed by atoms with Gasteiger partial charge in [-0.25, -0.2) is 0 Å². The van der Waals surface area contributed by atoms with Crippen LogP contribution in [-0.4, -0.2) is 6.17 Å². The average Bonchev–Trinajstić information content (AvgIpc) is 2.83. The molecule has 2 aliphatic heterocycles. The van der Waals surface area contributed by atoms with E-state index in [-0.39, 0.29) is 0 Å². The molecule has 2 heteroatoms. The molecule has 0 atom stereocenters. The van der Waals surface area contributed by atoms with Gasteiger partial charge < -0.3 is 10.6 Å². The van der Waals surface area contributed by atoms with Crippen molar-refractivity contribution >= 4 is 11.4 Å². The minimum atomic E-state index is 0.329. The second-order valence-corrected chi connectivity index (χ2v) is 4.42. The van der Waals surface area contributed by atoms with Crippen molar-refractivity contribution in [3.63, 3.8) is 0 Å². The van der Waals surface area contributed by atoms with E-state index in [1.807, 2.05) is 0 Å². The van der Waals surface area contributed by atoms with Gasteiger partial charge in [0.05, 0.1) is 5.92 Å². The van der Waals surface area contributed by atoms with Crippen LogP contribution in [-0.2, 0) is 0 Å². The van der Waals surface area contributed by atoms with Crippen LogP contribution in [0.5, 0.6) is 0 Å². The zero-order chi connectivity index (χ0) is 10.5. The van der Waals surface area contributed by atoms with Crippen molar-refractivity contribution in [1.29, 1.82) is 0 Å². The molecular weight excluding hydrogens is 196 g/mol. The number of para-hydroxylation sites is 2. The number of hydrogen-bond donors (Lipinski definition) is 2. The molecule has 0 aliphatic carbocycles. The third-order valence-electron chi connectivity index (χ3n) is 3.55. The monoisotopic (exact) mass is 208 g/mol. The minimum absolute atomic E-state index is 0.329. The molecular formula is C14H12N2. The van der Waals surface area contributed by atoms with Gasteiger partial charge in [0.2, 0.25) is 0 Å². The maximum Gasteiger partial charge on any atom is 0.108 e. The number of hydrogen-bond acceptors (Lipinski definition) is 2. The van der Waals surface area contributed by atoms with E-state index in [0.717, 1.165) is 0 Å². The predicted molar refractivity (Wildman–Crippen MR) is 65.8 cm³/mol. The summed E-state index contributed by atoms with van der Waals surface area (Å²) >= 11 is 0. The fraction of sp³-hybridized carbons (Fsp3) is 0.143. The molecule has 0 saturated heterocycles. The third kappa shape index (κ3) is 0.915. The molecule has 2 aromatic rings. The van der Waals surface area contributed by atoms with E-state index in [0.29, 0.717) is 12.1 Å². The van der Waals surface area contributed by atoms with E-state index >= 15 is 0 Å². The summed E-state index contributed by atoms with van der Waals surface area (Å²) in [5.41, 5.74) is 5.34. The lowest BCUT2D eigenvalue weighted by atomic mass is 9.93. The molecule has 2 nitrogen and oxygen atoms in total. The van der Waals surface area contributed by atoms with Gasteiger partial charge in [-0.15, -0.1) is 0 Å². The first-order valence-corrected chi connectivity index (χ1v) is 5.64. The molecule has 78 valence electrons. The first-order chi connectivity index (χ1) is 7.93. The molecule has 0 bridgehead atoms. The first kappa shape index (κ1) is 8.22. The van der Waals surface area contributed by atoms with E-state index in [9.17, 15) is 0 Å². The SMILES string of the molecule is c1ccc2c(c1)NC1Nc3ccccc3C21. The molecule has 0 radical (unpaired) electrons. The Morgan fingerprint density at radius 2 is 1.19 bits per heavy atom. The van der Waals surface area contributed by atoms with Crippen LogP contribution in [0.2, 0.25) is 0 Å². The lowest BCUT2D eigenvalue weighted by molar-refractivity contribution is 0.788. The summed E-state index contributed by atoms with van der Waals surface area (Å²) in [5.74, 6) is 0.465. The smallest absolute Gasteiger partial charge is 0.108 e. The van der Waals surface area contributed by atoms with E-state index < -0.39 is 0 Å². The molecule has 2 aromatic carbocycles. The highest BCUT2D eigenvalue weighted by molar-refractivity contribution is 5.72. The molecule has 0 saturated carbocycles. The summed E-state index contributed by atoms with van der Waals surface area (Å²) in [6, 6.07) is 17.1. The number of anilines is 2. The van der Waals surface area contributed by atoms with Gasteiger partial charge in [0.15, 0.2) is 0 Å². The van der Waals surface area contributed by atoms with E-state index in [2.05, 4.69) is 59.2 Å². The highest BCUT2D eigenvalue weighted by atomic mass is 15.2. The molecule has 2 N–H and O–H groups in total. The molecule has 4 rings (SSSR count). The Morgan fingerprint density at radius 3 is 1.75 bits per heavy atom. The second kappa shape index (κ2) is 2.79. The van der Waals surface area contributed by atoms with Crippen molar-refractivity contribution in [2.24, 2.45) is 0 Å². The Bertz CT molecular complexity index is 513. The van der Waals surface area contributed by atoms with Gasteiger partial charge in [-0.1, -0.05) is 36.4 Å². The highest BCUT2D eigenvalue weighted by Crippen LogP contribution is 2.46. The molecule has 2 heterocycles. The number of benzene rings is 2. The molecule has 2 aliphatic rings. The van der Waals surface area contributed by atoms with Crippen LogP contribution in [0.4, 0.5) is 11.4 Å². The van der Waals surface area contributed by atoms with Crippen molar-refractivity contribution in [3.8, 4) is 0 Å². The number of nitrogens with one attached hydrogen (secondary N) is 2. The Morgan fingerprint density at radius 1 is 0.688 bits per heavy atom. The number of rotatable bonds is 0. The second-order valence-electron chi connectivity index (χ2n) is 4.42. The van der Waals surface area contributed by atoms with Crippen LogP contribution >= 0.6 is 0 Å². The van der Waals surface area contributed by atoms with Gasteiger partial charge in [0, 0.05) is 11.4 Å². The summed E-state index contributed by atoms with van der Waals surface area (Å²) in [6.07, 6.45) is 0.329. The molecule has 0 unspecified atom stereocenters. The first-order valence-electron chi connectivity index (χ1n) is 5.64. The van der Waals surface area contributed by atoms with Crippen LogP contribution in [0.25, 0.3) is 0 Å². The Balaban J connectivity index is 1.93. The molecule has 0 amide bonds. The van der Waals surface area contributed by atoms with Crippen molar-refractivity contribution in [3.05, 3.63) is 59.7 Å². The van der Waals surface area contributed by atoms with Crippen LogP contribution in [0.1, 0.15) is 17.0 Å². The van der Waals surface area contributed by atoms with Crippen molar-refractivity contribution < 1.29 is 0 Å². The van der Waals surface area contributed by atoms with Crippen LogP contribution < -0.4 is 10.6 Å². The fourth-order valence-electron chi connectivity index (χ4n) is 2.86. The Labute approximate surface area is 94.3 Å². The van der Waals surface area contributed by atoms with Gasteiger partial charge in [0.1, 0.15) is 6.17 Å². The van der Waals surface area contributed by atoms with Gasteiger partial charge >= 0.3 is 0 Å². The van der Waals surface area contributed by atoms with Gasteiger partial charge in [-0.05, 0) is 23.3 Å². The molecule has 0 spiro atoms. The topological polar surface area (TPSA) is 24.1 Å². The standard InChI is InChI=1S/C14H12N2/c1-3-7-11-9(5-1)13-10-6-2-4-8-12(10)16-14(13)15-11/h1-8,13-16H. The van der Waals surface area contributed by atoms with Crippen molar-refractivity contribution in [2.45, 2.75) is 12.1 Å². The van der Waals surface area contributed by atoms with Crippen LogP contribution in [0.15, 0.2) is 48.5 Å². The lowest BCUT2D eigenvalue weighted by Gasteiger charge is -2.10. The van der Waals surface area contributed by atoms with Gasteiger partial charge in [-0.3, -0.25) is 0 Å². The third-order valence-corrected chi connectivity index (χ3v) is 3.55. The van der Waals surface area contributed by atoms with Gasteiger partial charge in [-0.2, -0.15) is 0 Å². The summed E-state index contributed by atoms with van der Waals surface area (Å²) in [7, 11) is 0. The highest BCUT2D eigenvalue weighted by Gasteiger charge is 2.38. The van der Waals surface area contributed by atoms with Crippen LogP contribution in [0, 0.1) is 0 Å². The zero-order valence-corrected chi connectivity index (χ0v) is 8.77. The molecule has 16 heavy (non-hydrogen) atoms. The molecule has 0 aromatic heterocycles. The lowest BCUT2D eigenvalue weighted by Crippen LogP contribution is -2.23. The summed E-state index contributed by atoms with van der Waals surface area (Å²) in [5, 5.41) is 7.06. The van der Waals surface area contributed by atoms with Gasteiger partial charge in [0.25, 0.3) is 0 Å². The minimum Gasteiger partial charge on any atom is -0.364 e. The van der Waals surface area contributed by atoms with Crippen molar-refractivity contribution in [1.82, 2.24) is 0 Å². The van der Waals surface area contributed by atoms with E-state index in [1.54, 1.807) is 0 Å². The predicted octanol–water partition coefficient (Wildman–Crippen LogP) is 3.00. The average molecular weight is 208 g/mol. The summed E-state index contributed by atoms with van der Waals surface area (Å²) in [6.45, 7) is 0. The quantitative estimate of drug-likeness (QED) is 0.695. The fourth-order valence-corrected chi connectivity index (χ4v) is 2.86. The Hall–Kier alpha value is -1.96. The Kier molecular flexibility index (Phi) is 1.43. The number of fused-ring (bicyclic) bond motifs is 5. The molecule has 0 fully saturated rings. The maximum absolute atomic E-state index is 3.53. The summed E-state index contributed by atoms with van der Waals surface area (Å²) in [4.78, 5) is 0. The van der Waals surface area contributed by atoms with E-state index in [4.69, 9.17) is 0 Å². The maximum atomic E-state index is 3.53. The van der Waals surface area contributed by atoms with Crippen molar-refractivity contribution in [2.75, 3.05) is 10.6 Å². The largest absolute Gasteiger partial charge is 0.364 e. The van der Waals surface area contributed by atoms with E-state index in [1.165, 1.54) is 22.5 Å².